The van der Waals surface area contributed by atoms with E-state index >= 15 is 0 Å². The van der Waals surface area contributed by atoms with Crippen molar-refractivity contribution in [3.8, 4) is 5.75 Å². The van der Waals surface area contributed by atoms with Crippen LogP contribution in [0, 0.1) is 5.92 Å². The number of carbonyl (C=O) groups is 1. The van der Waals surface area contributed by atoms with E-state index in [0.29, 0.717) is 23.7 Å². The lowest BCUT2D eigenvalue weighted by molar-refractivity contribution is -0.121. The van der Waals surface area contributed by atoms with Gasteiger partial charge in [0.1, 0.15) is 5.75 Å². The smallest absolute Gasteiger partial charge is 0.223 e. The summed E-state index contributed by atoms with van der Waals surface area (Å²) in [5.74, 6) is 0.920. The summed E-state index contributed by atoms with van der Waals surface area (Å²) in [5, 5.41) is 3.33. The molecule has 0 saturated carbocycles. The van der Waals surface area contributed by atoms with E-state index in [1.165, 1.54) is 0 Å². The maximum absolute atomic E-state index is 11.7. The first kappa shape index (κ1) is 16.1. The van der Waals surface area contributed by atoms with Crippen molar-refractivity contribution < 1.29 is 17.9 Å². The quantitative estimate of drug-likeness (QED) is 0.860. The van der Waals surface area contributed by atoms with Crippen molar-refractivity contribution in [1.82, 2.24) is 5.32 Å². The Morgan fingerprint density at radius 2 is 2.24 bits per heavy atom. The van der Waals surface area contributed by atoms with E-state index in [0.717, 1.165) is 0 Å². The molecule has 1 aliphatic heterocycles. The molecule has 1 atom stereocenters. The topological polar surface area (TPSA) is 72.5 Å². The van der Waals surface area contributed by atoms with Crippen molar-refractivity contribution >= 4 is 27.3 Å². The van der Waals surface area contributed by atoms with Crippen LogP contribution >= 0.6 is 11.6 Å². The molecule has 1 saturated heterocycles. The predicted molar refractivity (Wildman–Crippen MR) is 81.3 cm³/mol. The summed E-state index contributed by atoms with van der Waals surface area (Å²) in [7, 11) is -2.89. The summed E-state index contributed by atoms with van der Waals surface area (Å²) < 4.78 is 28.0. The predicted octanol–water partition coefficient (Wildman–Crippen LogP) is 1.66. The minimum Gasteiger partial charge on any atom is -0.493 e. The van der Waals surface area contributed by atoms with Gasteiger partial charge >= 0.3 is 0 Å². The molecule has 1 aromatic carbocycles. The fourth-order valence-corrected chi connectivity index (χ4v) is 4.24. The Morgan fingerprint density at radius 3 is 2.90 bits per heavy atom. The second-order valence-corrected chi connectivity index (χ2v) is 7.79. The molecular formula is C14H18ClNO4S. The van der Waals surface area contributed by atoms with Gasteiger partial charge in [-0.25, -0.2) is 8.42 Å². The van der Waals surface area contributed by atoms with Crippen molar-refractivity contribution in [2.24, 2.45) is 5.92 Å². The number of hydrogen-bond donors (Lipinski definition) is 1. The third kappa shape index (κ3) is 5.55. The molecule has 0 unspecified atom stereocenters. The lowest BCUT2D eigenvalue weighted by Crippen LogP contribution is -2.30. The van der Waals surface area contributed by atoms with Crippen molar-refractivity contribution in [3.63, 3.8) is 0 Å². The van der Waals surface area contributed by atoms with Gasteiger partial charge in [0, 0.05) is 11.6 Å². The monoisotopic (exact) mass is 331 g/mol. The molecular weight excluding hydrogens is 314 g/mol. The summed E-state index contributed by atoms with van der Waals surface area (Å²) >= 11 is 5.82. The zero-order valence-electron chi connectivity index (χ0n) is 11.5. The average Bonchev–Trinajstić information content (AvgIpc) is 2.76. The van der Waals surface area contributed by atoms with Crippen LogP contribution in [0.1, 0.15) is 12.8 Å². The maximum Gasteiger partial charge on any atom is 0.223 e. The van der Waals surface area contributed by atoms with Gasteiger partial charge in [-0.2, -0.15) is 0 Å². The second kappa shape index (κ2) is 7.13. The van der Waals surface area contributed by atoms with Crippen LogP contribution in [0.15, 0.2) is 24.3 Å². The lowest BCUT2D eigenvalue weighted by Gasteiger charge is -2.10. The number of ether oxygens (including phenoxy) is 1. The number of halogens is 1. The van der Waals surface area contributed by atoms with Crippen molar-refractivity contribution in [2.75, 3.05) is 24.7 Å². The number of hydrogen-bond acceptors (Lipinski definition) is 4. The molecule has 0 aromatic heterocycles. The normalized spacial score (nSPS) is 20.1. The van der Waals surface area contributed by atoms with E-state index in [2.05, 4.69) is 5.32 Å². The number of carbonyl (C=O) groups excluding carboxylic acids is 1. The Labute approximate surface area is 129 Å². The molecule has 116 valence electrons. The Hall–Kier alpha value is -1.27. The van der Waals surface area contributed by atoms with Crippen LogP contribution in [-0.2, 0) is 14.6 Å². The van der Waals surface area contributed by atoms with Crippen LogP contribution in [0.25, 0.3) is 0 Å². The maximum atomic E-state index is 11.7. The molecule has 1 aliphatic rings. The molecule has 1 heterocycles. The van der Waals surface area contributed by atoms with Gasteiger partial charge in [0.15, 0.2) is 9.84 Å². The molecule has 1 amide bonds. The van der Waals surface area contributed by atoms with E-state index in [1.807, 2.05) is 0 Å². The average molecular weight is 332 g/mol. The summed E-state index contributed by atoms with van der Waals surface area (Å²) in [4.78, 5) is 11.7. The summed E-state index contributed by atoms with van der Waals surface area (Å²) in [6.07, 6.45) is 0.855. The summed E-state index contributed by atoms with van der Waals surface area (Å²) in [6, 6.07) is 6.98. The highest BCUT2D eigenvalue weighted by Gasteiger charge is 2.27. The molecule has 21 heavy (non-hydrogen) atoms. The van der Waals surface area contributed by atoms with Gasteiger partial charge in [0.25, 0.3) is 0 Å². The van der Waals surface area contributed by atoms with Crippen LogP contribution in [0.5, 0.6) is 5.75 Å². The minimum atomic E-state index is -2.89. The molecule has 0 radical (unpaired) electrons. The van der Waals surface area contributed by atoms with Gasteiger partial charge < -0.3 is 10.1 Å². The van der Waals surface area contributed by atoms with Crippen LogP contribution in [-0.4, -0.2) is 39.0 Å². The minimum absolute atomic E-state index is 0.0350. The first-order chi connectivity index (χ1) is 9.94. The molecule has 0 bridgehead atoms. The fourth-order valence-electron chi connectivity index (χ4n) is 2.20. The van der Waals surface area contributed by atoms with Crippen LogP contribution in [0.4, 0.5) is 0 Å². The third-order valence-electron chi connectivity index (χ3n) is 3.31. The Balaban J connectivity index is 1.64. The molecule has 2 rings (SSSR count). The first-order valence-corrected chi connectivity index (χ1v) is 9.00. The highest BCUT2D eigenvalue weighted by atomic mass is 35.5. The Kier molecular flexibility index (Phi) is 5.47. The Bertz CT molecular complexity index is 603. The number of nitrogens with one attached hydrogen (secondary N) is 1. The van der Waals surface area contributed by atoms with Crippen LogP contribution < -0.4 is 10.1 Å². The van der Waals surface area contributed by atoms with Gasteiger partial charge in [-0.05, 0) is 30.5 Å². The van der Waals surface area contributed by atoms with Crippen molar-refractivity contribution in [3.05, 3.63) is 29.3 Å². The van der Waals surface area contributed by atoms with Crippen molar-refractivity contribution in [2.45, 2.75) is 12.8 Å². The highest BCUT2D eigenvalue weighted by molar-refractivity contribution is 7.91. The zero-order valence-corrected chi connectivity index (χ0v) is 13.1. The van der Waals surface area contributed by atoms with Crippen molar-refractivity contribution in [1.29, 1.82) is 0 Å². The summed E-state index contributed by atoms with van der Waals surface area (Å²) in [5.41, 5.74) is 0. The van der Waals surface area contributed by atoms with Gasteiger partial charge in [-0.15, -0.1) is 0 Å². The SMILES string of the molecule is O=C(CCOc1cccc(Cl)c1)NC[C@@H]1CCS(=O)(=O)C1. The van der Waals surface area contributed by atoms with Gasteiger partial charge in [0.2, 0.25) is 5.91 Å². The van der Waals surface area contributed by atoms with E-state index in [-0.39, 0.29) is 36.4 Å². The van der Waals surface area contributed by atoms with Gasteiger partial charge in [-0.1, -0.05) is 17.7 Å². The number of benzene rings is 1. The largest absolute Gasteiger partial charge is 0.493 e. The molecule has 0 spiro atoms. The van der Waals surface area contributed by atoms with Gasteiger partial charge in [-0.3, -0.25) is 4.79 Å². The molecule has 0 aliphatic carbocycles. The lowest BCUT2D eigenvalue weighted by atomic mass is 10.1. The number of sulfone groups is 1. The number of amides is 1. The van der Waals surface area contributed by atoms with Gasteiger partial charge in [0.05, 0.1) is 24.5 Å². The molecule has 7 heteroatoms. The molecule has 1 aromatic rings. The summed E-state index contributed by atoms with van der Waals surface area (Å²) in [6.45, 7) is 0.671. The number of rotatable bonds is 6. The van der Waals surface area contributed by atoms with E-state index in [4.69, 9.17) is 16.3 Å². The third-order valence-corrected chi connectivity index (χ3v) is 5.38. The van der Waals surface area contributed by atoms with E-state index < -0.39 is 9.84 Å². The molecule has 1 N–H and O–H groups in total. The van der Waals surface area contributed by atoms with E-state index in [1.54, 1.807) is 24.3 Å². The van der Waals surface area contributed by atoms with Crippen LogP contribution in [0.2, 0.25) is 5.02 Å². The highest BCUT2D eigenvalue weighted by Crippen LogP contribution is 2.18. The fraction of sp³-hybridized carbons (Fsp3) is 0.500. The standard InChI is InChI=1S/C14H18ClNO4S/c15-12-2-1-3-13(8-12)20-6-4-14(17)16-9-11-5-7-21(18,19)10-11/h1-3,8,11H,4-7,9-10H2,(H,16,17)/t11-/m0/s1. The van der Waals surface area contributed by atoms with Crippen LogP contribution in [0.3, 0.4) is 0 Å². The second-order valence-electron chi connectivity index (χ2n) is 5.13. The molecule has 5 nitrogen and oxygen atoms in total. The zero-order chi connectivity index (χ0) is 15.3. The Morgan fingerprint density at radius 1 is 1.43 bits per heavy atom. The molecule has 1 fully saturated rings. The first-order valence-electron chi connectivity index (χ1n) is 6.80. The van der Waals surface area contributed by atoms with E-state index in [9.17, 15) is 13.2 Å².